The maximum absolute atomic E-state index is 13.1. The van der Waals surface area contributed by atoms with Crippen LogP contribution in [-0.2, 0) is 9.63 Å². The summed E-state index contributed by atoms with van der Waals surface area (Å²) in [6.07, 6.45) is 5.08. The summed E-state index contributed by atoms with van der Waals surface area (Å²) in [7, 11) is 0. The molecule has 2 aliphatic heterocycles. The van der Waals surface area contributed by atoms with Gasteiger partial charge in [0.25, 0.3) is 5.91 Å². The minimum atomic E-state index is -0.591. The number of rotatable bonds is 4. The average molecular weight is 417 g/mol. The Bertz CT molecular complexity index is 901. The summed E-state index contributed by atoms with van der Waals surface area (Å²) >= 11 is 5.92. The molecule has 2 saturated heterocycles. The first kappa shape index (κ1) is 19.5. The van der Waals surface area contributed by atoms with Crippen molar-refractivity contribution >= 4 is 29.4 Å². The van der Waals surface area contributed by atoms with E-state index >= 15 is 0 Å². The van der Waals surface area contributed by atoms with Crippen LogP contribution in [0, 0.1) is 5.92 Å². The van der Waals surface area contributed by atoms with Crippen molar-refractivity contribution in [3.8, 4) is 0 Å². The zero-order chi connectivity index (χ0) is 20.4. The molecule has 0 radical (unpaired) electrons. The summed E-state index contributed by atoms with van der Waals surface area (Å²) in [4.78, 5) is 44.8. The molecular formula is C19H21ClN6O3. The number of primary amides is 1. The topological polar surface area (TPSA) is 115 Å². The van der Waals surface area contributed by atoms with E-state index in [0.717, 1.165) is 5.69 Å². The Kier molecular flexibility index (Phi) is 5.59. The van der Waals surface area contributed by atoms with Gasteiger partial charge >= 0.3 is 0 Å². The molecule has 2 aromatic heterocycles. The predicted molar refractivity (Wildman–Crippen MR) is 105 cm³/mol. The first-order chi connectivity index (χ1) is 14.0. The third kappa shape index (κ3) is 4.15. The lowest BCUT2D eigenvalue weighted by molar-refractivity contribution is -0.182. The number of hydrogen-bond acceptors (Lipinski definition) is 7. The van der Waals surface area contributed by atoms with E-state index in [0.29, 0.717) is 49.9 Å². The zero-order valence-corrected chi connectivity index (χ0v) is 16.5. The van der Waals surface area contributed by atoms with Gasteiger partial charge in [-0.25, -0.2) is 15.0 Å². The molecule has 29 heavy (non-hydrogen) atoms. The summed E-state index contributed by atoms with van der Waals surface area (Å²) < 4.78 is 0. The van der Waals surface area contributed by atoms with Crippen LogP contribution in [0.4, 0.5) is 5.95 Å². The van der Waals surface area contributed by atoms with E-state index in [4.69, 9.17) is 22.2 Å². The molecule has 152 valence electrons. The smallest absolute Gasteiger partial charge is 0.267 e. The second kappa shape index (κ2) is 8.30. The summed E-state index contributed by atoms with van der Waals surface area (Å²) in [6.45, 7) is 1.69. The van der Waals surface area contributed by atoms with E-state index in [-0.39, 0.29) is 23.6 Å². The molecule has 2 aromatic rings. The average Bonchev–Trinajstić information content (AvgIpc) is 3.24. The normalized spacial score (nSPS) is 20.1. The highest BCUT2D eigenvalue weighted by Crippen LogP contribution is 2.33. The Hall–Kier alpha value is -2.78. The summed E-state index contributed by atoms with van der Waals surface area (Å²) in [6, 6.07) is 4.88. The van der Waals surface area contributed by atoms with Crippen molar-refractivity contribution in [3.63, 3.8) is 0 Å². The fourth-order valence-electron chi connectivity index (χ4n) is 3.68. The highest BCUT2D eigenvalue weighted by molar-refractivity contribution is 6.30. The minimum absolute atomic E-state index is 0.0318. The van der Waals surface area contributed by atoms with Crippen LogP contribution >= 0.6 is 11.6 Å². The van der Waals surface area contributed by atoms with Gasteiger partial charge in [-0.05, 0) is 31.0 Å². The molecule has 0 bridgehead atoms. The van der Waals surface area contributed by atoms with E-state index < -0.39 is 5.91 Å². The number of halogens is 1. The van der Waals surface area contributed by atoms with Crippen LogP contribution < -0.4 is 10.6 Å². The van der Waals surface area contributed by atoms with Crippen LogP contribution in [0.5, 0.6) is 0 Å². The van der Waals surface area contributed by atoms with Gasteiger partial charge in [-0.1, -0.05) is 11.6 Å². The maximum atomic E-state index is 13.1. The van der Waals surface area contributed by atoms with Crippen LogP contribution in [0.25, 0.3) is 0 Å². The fourth-order valence-corrected chi connectivity index (χ4v) is 3.80. The number of piperidine rings is 1. The number of nitrogens with zero attached hydrogens (tertiary/aromatic N) is 5. The first-order valence-corrected chi connectivity index (χ1v) is 9.86. The molecule has 0 unspecified atom stereocenters. The van der Waals surface area contributed by atoms with Crippen LogP contribution in [0.1, 0.15) is 41.5 Å². The van der Waals surface area contributed by atoms with Gasteiger partial charge in [-0.3, -0.25) is 19.4 Å². The summed E-state index contributed by atoms with van der Waals surface area (Å²) in [5.41, 5.74) is 6.24. The predicted octanol–water partition coefficient (Wildman–Crippen LogP) is 1.75. The summed E-state index contributed by atoms with van der Waals surface area (Å²) in [5.74, 6) is -0.325. The number of anilines is 1. The van der Waals surface area contributed by atoms with Gasteiger partial charge in [0.1, 0.15) is 11.7 Å². The lowest BCUT2D eigenvalue weighted by Crippen LogP contribution is -2.42. The molecule has 2 fully saturated rings. The summed E-state index contributed by atoms with van der Waals surface area (Å²) in [5, 5.41) is 2.03. The van der Waals surface area contributed by atoms with Crippen molar-refractivity contribution in [1.29, 1.82) is 0 Å². The van der Waals surface area contributed by atoms with Crippen molar-refractivity contribution in [2.45, 2.75) is 25.3 Å². The van der Waals surface area contributed by atoms with Crippen LogP contribution in [0.3, 0.4) is 0 Å². The van der Waals surface area contributed by atoms with Crippen molar-refractivity contribution < 1.29 is 14.4 Å². The van der Waals surface area contributed by atoms with Gasteiger partial charge in [0, 0.05) is 37.8 Å². The molecule has 1 atom stereocenters. The lowest BCUT2D eigenvalue weighted by atomic mass is 9.95. The number of carbonyl (C=O) groups is 2. The standard InChI is InChI=1S/C19H21ClN6O3/c20-13-1-2-14(23-11-13)16-6-10-29-26(16)18(28)12-4-8-25(9-5-12)19-22-7-3-15(24-19)17(21)27/h1-3,7,11-12,16H,4-6,8-10H2,(H2,21,27)/t16-/m0/s1. The van der Waals surface area contributed by atoms with Crippen LogP contribution in [0.2, 0.25) is 5.02 Å². The molecule has 2 amide bonds. The number of carbonyl (C=O) groups excluding carboxylic acids is 2. The third-order valence-electron chi connectivity index (χ3n) is 5.24. The fraction of sp³-hybridized carbons (Fsp3) is 0.421. The lowest BCUT2D eigenvalue weighted by Gasteiger charge is -2.33. The Morgan fingerprint density at radius 1 is 1.14 bits per heavy atom. The molecule has 2 N–H and O–H groups in total. The highest BCUT2D eigenvalue weighted by atomic mass is 35.5. The van der Waals surface area contributed by atoms with Gasteiger partial charge in [0.2, 0.25) is 11.9 Å². The number of aromatic nitrogens is 3. The maximum Gasteiger partial charge on any atom is 0.267 e. The van der Waals surface area contributed by atoms with E-state index in [9.17, 15) is 9.59 Å². The Morgan fingerprint density at radius 3 is 2.62 bits per heavy atom. The quantitative estimate of drug-likeness (QED) is 0.807. The molecule has 0 spiro atoms. The minimum Gasteiger partial charge on any atom is -0.364 e. The van der Waals surface area contributed by atoms with Crippen LogP contribution in [0.15, 0.2) is 30.6 Å². The first-order valence-electron chi connectivity index (χ1n) is 9.48. The SMILES string of the molecule is NC(=O)c1ccnc(N2CCC(C(=O)N3OCC[C@H]3c3ccc(Cl)cn3)CC2)n1. The molecule has 0 saturated carbocycles. The van der Waals surface area contributed by atoms with Gasteiger partial charge in [-0.2, -0.15) is 0 Å². The van der Waals surface area contributed by atoms with Gasteiger partial charge < -0.3 is 10.6 Å². The molecule has 10 heteroatoms. The van der Waals surface area contributed by atoms with Gasteiger partial charge in [0.15, 0.2) is 0 Å². The number of hydroxylamine groups is 2. The van der Waals surface area contributed by atoms with Crippen molar-refractivity contribution in [1.82, 2.24) is 20.0 Å². The number of pyridine rings is 1. The molecule has 9 nitrogen and oxygen atoms in total. The van der Waals surface area contributed by atoms with E-state index in [1.807, 2.05) is 11.0 Å². The van der Waals surface area contributed by atoms with E-state index in [1.165, 1.54) is 17.3 Å². The third-order valence-corrected chi connectivity index (χ3v) is 5.46. The van der Waals surface area contributed by atoms with E-state index in [1.54, 1.807) is 12.3 Å². The van der Waals surface area contributed by atoms with Gasteiger partial charge in [-0.15, -0.1) is 0 Å². The zero-order valence-electron chi connectivity index (χ0n) is 15.7. The second-order valence-electron chi connectivity index (χ2n) is 7.07. The molecule has 0 aromatic carbocycles. The van der Waals surface area contributed by atoms with Crippen molar-refractivity contribution in [3.05, 3.63) is 47.0 Å². The largest absolute Gasteiger partial charge is 0.364 e. The van der Waals surface area contributed by atoms with Crippen LogP contribution in [-0.4, -0.2) is 51.5 Å². The Balaban J connectivity index is 1.40. The molecule has 2 aliphatic rings. The molecule has 0 aliphatic carbocycles. The monoisotopic (exact) mass is 416 g/mol. The molecule has 4 rings (SSSR count). The van der Waals surface area contributed by atoms with Crippen molar-refractivity contribution in [2.24, 2.45) is 11.7 Å². The molecule has 4 heterocycles. The Morgan fingerprint density at radius 2 is 1.93 bits per heavy atom. The number of hydrogen-bond donors (Lipinski definition) is 1. The number of nitrogens with two attached hydrogens (primary N) is 1. The second-order valence-corrected chi connectivity index (χ2v) is 7.51. The van der Waals surface area contributed by atoms with Crippen molar-refractivity contribution in [2.75, 3.05) is 24.6 Å². The number of amides is 2. The molecular weight excluding hydrogens is 396 g/mol. The van der Waals surface area contributed by atoms with E-state index in [2.05, 4.69) is 15.0 Å². The van der Waals surface area contributed by atoms with Gasteiger partial charge in [0.05, 0.1) is 17.3 Å². The highest BCUT2D eigenvalue weighted by Gasteiger charge is 2.37. The Labute approximate surface area is 172 Å².